The maximum Gasteiger partial charge on any atom is 0.255 e. The van der Waals surface area contributed by atoms with E-state index in [2.05, 4.69) is 5.32 Å². The van der Waals surface area contributed by atoms with Crippen LogP contribution in [-0.2, 0) is 0 Å². The van der Waals surface area contributed by atoms with Gasteiger partial charge in [0.05, 0.1) is 24.6 Å². The van der Waals surface area contributed by atoms with Gasteiger partial charge in [0.15, 0.2) is 23.0 Å². The zero-order valence-corrected chi connectivity index (χ0v) is 15.5. The average molecular weight is 372 g/mol. The standard InChI is InChI=1S/C20H24N2O5/c1-3-7-24-16-6-5-13(9-17(16)25-8-4-2)20(23)22-15-11-19-18(10-14(15)21)26-12-27-19/h5-6,9-11H,3-4,7-8,12,21H2,1-2H3,(H,22,23). The van der Waals surface area contributed by atoms with Crippen molar-refractivity contribution in [1.82, 2.24) is 0 Å². The summed E-state index contributed by atoms with van der Waals surface area (Å²) in [6, 6.07) is 8.41. The van der Waals surface area contributed by atoms with Gasteiger partial charge in [-0.2, -0.15) is 0 Å². The van der Waals surface area contributed by atoms with Crippen molar-refractivity contribution in [2.75, 3.05) is 31.1 Å². The van der Waals surface area contributed by atoms with Crippen LogP contribution in [0.25, 0.3) is 0 Å². The van der Waals surface area contributed by atoms with Crippen LogP contribution in [0.4, 0.5) is 11.4 Å². The highest BCUT2D eigenvalue weighted by Gasteiger charge is 2.18. The lowest BCUT2D eigenvalue weighted by molar-refractivity contribution is 0.102. The van der Waals surface area contributed by atoms with Gasteiger partial charge in [-0.3, -0.25) is 4.79 Å². The van der Waals surface area contributed by atoms with Crippen LogP contribution in [0.1, 0.15) is 37.0 Å². The van der Waals surface area contributed by atoms with Crippen molar-refractivity contribution in [3.05, 3.63) is 35.9 Å². The minimum Gasteiger partial charge on any atom is -0.490 e. The number of nitrogens with two attached hydrogens (primary N) is 1. The van der Waals surface area contributed by atoms with Gasteiger partial charge in [0.1, 0.15) is 0 Å². The molecule has 0 unspecified atom stereocenters. The zero-order valence-electron chi connectivity index (χ0n) is 15.5. The lowest BCUT2D eigenvalue weighted by atomic mass is 10.1. The number of amides is 1. The van der Waals surface area contributed by atoms with Crippen LogP contribution in [0.15, 0.2) is 30.3 Å². The quantitative estimate of drug-likeness (QED) is 0.684. The first-order chi connectivity index (χ1) is 13.1. The number of hydrogen-bond acceptors (Lipinski definition) is 6. The van der Waals surface area contributed by atoms with E-state index in [0.29, 0.717) is 53.2 Å². The number of fused-ring (bicyclic) bond motifs is 1. The van der Waals surface area contributed by atoms with Crippen LogP contribution in [-0.4, -0.2) is 25.9 Å². The summed E-state index contributed by atoms with van der Waals surface area (Å²) in [7, 11) is 0. The second-order valence-electron chi connectivity index (χ2n) is 6.11. The smallest absolute Gasteiger partial charge is 0.255 e. The monoisotopic (exact) mass is 372 g/mol. The second-order valence-corrected chi connectivity index (χ2v) is 6.11. The molecule has 3 rings (SSSR count). The lowest BCUT2D eigenvalue weighted by Crippen LogP contribution is -2.14. The van der Waals surface area contributed by atoms with Crippen molar-refractivity contribution in [3.8, 4) is 23.0 Å². The average Bonchev–Trinajstić information content (AvgIpc) is 3.12. The first kappa shape index (κ1) is 18.7. The van der Waals surface area contributed by atoms with Crippen molar-refractivity contribution in [1.29, 1.82) is 0 Å². The van der Waals surface area contributed by atoms with E-state index in [9.17, 15) is 4.79 Å². The normalized spacial score (nSPS) is 11.9. The van der Waals surface area contributed by atoms with Crippen LogP contribution in [0.3, 0.4) is 0 Å². The first-order valence-electron chi connectivity index (χ1n) is 9.02. The fraction of sp³-hybridized carbons (Fsp3) is 0.350. The highest BCUT2D eigenvalue weighted by atomic mass is 16.7. The molecule has 0 aromatic heterocycles. The van der Waals surface area contributed by atoms with Crippen molar-refractivity contribution >= 4 is 17.3 Å². The Kier molecular flexibility index (Phi) is 5.90. The molecule has 0 saturated carbocycles. The Morgan fingerprint density at radius 2 is 1.70 bits per heavy atom. The van der Waals surface area contributed by atoms with Gasteiger partial charge in [-0.15, -0.1) is 0 Å². The predicted octanol–water partition coefficient (Wildman–Crippen LogP) is 3.83. The molecule has 0 aliphatic carbocycles. The predicted molar refractivity (Wildman–Crippen MR) is 103 cm³/mol. The Morgan fingerprint density at radius 1 is 1.04 bits per heavy atom. The molecule has 27 heavy (non-hydrogen) atoms. The fourth-order valence-electron chi connectivity index (χ4n) is 2.57. The van der Waals surface area contributed by atoms with E-state index in [0.717, 1.165) is 12.8 Å². The molecule has 1 aliphatic heterocycles. The number of nitrogens with one attached hydrogen (secondary N) is 1. The van der Waals surface area contributed by atoms with Gasteiger partial charge in [-0.05, 0) is 31.0 Å². The van der Waals surface area contributed by atoms with Crippen LogP contribution in [0.5, 0.6) is 23.0 Å². The molecule has 2 aromatic rings. The van der Waals surface area contributed by atoms with Gasteiger partial charge in [0, 0.05) is 17.7 Å². The van der Waals surface area contributed by atoms with Crippen molar-refractivity contribution in [3.63, 3.8) is 0 Å². The SMILES string of the molecule is CCCOc1ccc(C(=O)Nc2cc3c(cc2N)OCO3)cc1OCCC. The summed E-state index contributed by atoms with van der Waals surface area (Å²) < 4.78 is 22.1. The molecular weight excluding hydrogens is 348 g/mol. The number of nitrogen functional groups attached to an aromatic ring is 1. The largest absolute Gasteiger partial charge is 0.490 e. The maximum atomic E-state index is 12.7. The number of ether oxygens (including phenoxy) is 4. The van der Waals surface area contributed by atoms with Crippen LogP contribution in [0.2, 0.25) is 0 Å². The number of carbonyl (C=O) groups excluding carboxylic acids is 1. The topological polar surface area (TPSA) is 92.0 Å². The third-order valence-corrected chi connectivity index (χ3v) is 3.92. The number of carbonyl (C=O) groups is 1. The van der Waals surface area contributed by atoms with Gasteiger partial charge >= 0.3 is 0 Å². The fourth-order valence-corrected chi connectivity index (χ4v) is 2.57. The van der Waals surface area contributed by atoms with Crippen molar-refractivity contribution in [2.45, 2.75) is 26.7 Å². The van der Waals surface area contributed by atoms with E-state index in [1.807, 2.05) is 13.8 Å². The number of rotatable bonds is 8. The third kappa shape index (κ3) is 4.36. The summed E-state index contributed by atoms with van der Waals surface area (Å²) in [6.07, 6.45) is 1.75. The van der Waals surface area contributed by atoms with Gasteiger partial charge in [0.2, 0.25) is 6.79 Å². The Hall–Kier alpha value is -3.09. The minimum absolute atomic E-state index is 0.142. The Bertz CT molecular complexity index is 822. The number of anilines is 2. The summed E-state index contributed by atoms with van der Waals surface area (Å²) >= 11 is 0. The number of benzene rings is 2. The molecule has 1 aliphatic rings. The van der Waals surface area contributed by atoms with Gasteiger partial charge in [-0.1, -0.05) is 13.8 Å². The molecule has 144 valence electrons. The summed E-state index contributed by atoms with van der Waals surface area (Å²) in [5.41, 5.74) is 7.31. The molecule has 0 fully saturated rings. The van der Waals surface area contributed by atoms with E-state index in [1.54, 1.807) is 30.3 Å². The van der Waals surface area contributed by atoms with Gasteiger partial charge < -0.3 is 30.0 Å². The minimum atomic E-state index is -0.302. The van der Waals surface area contributed by atoms with E-state index in [-0.39, 0.29) is 12.7 Å². The molecule has 7 heteroatoms. The summed E-state index contributed by atoms with van der Waals surface area (Å²) in [6.45, 7) is 5.32. The Balaban J connectivity index is 1.79. The molecule has 0 bridgehead atoms. The molecular formula is C20H24N2O5. The number of hydrogen-bond donors (Lipinski definition) is 2. The zero-order chi connectivity index (χ0) is 19.2. The highest BCUT2D eigenvalue weighted by Crippen LogP contribution is 2.38. The van der Waals surface area contributed by atoms with Crippen LogP contribution >= 0.6 is 0 Å². The summed E-state index contributed by atoms with van der Waals surface area (Å²) in [4.78, 5) is 12.7. The first-order valence-corrected chi connectivity index (χ1v) is 9.02. The molecule has 3 N–H and O–H groups in total. The molecule has 0 saturated heterocycles. The highest BCUT2D eigenvalue weighted by molar-refractivity contribution is 6.06. The van der Waals surface area contributed by atoms with E-state index < -0.39 is 0 Å². The molecule has 1 amide bonds. The molecule has 2 aromatic carbocycles. The Labute approximate surface area is 158 Å². The summed E-state index contributed by atoms with van der Waals surface area (Å²) in [5, 5.41) is 2.81. The van der Waals surface area contributed by atoms with E-state index in [1.165, 1.54) is 0 Å². The molecule has 0 atom stereocenters. The van der Waals surface area contributed by atoms with Crippen LogP contribution < -0.4 is 30.0 Å². The molecule has 0 spiro atoms. The molecule has 7 nitrogen and oxygen atoms in total. The van der Waals surface area contributed by atoms with Gasteiger partial charge in [0.25, 0.3) is 5.91 Å². The van der Waals surface area contributed by atoms with Crippen LogP contribution in [0, 0.1) is 0 Å². The second kappa shape index (κ2) is 8.53. The molecule has 1 heterocycles. The Morgan fingerprint density at radius 3 is 2.41 bits per heavy atom. The maximum absolute atomic E-state index is 12.7. The lowest BCUT2D eigenvalue weighted by Gasteiger charge is -2.14. The van der Waals surface area contributed by atoms with Crippen molar-refractivity contribution in [2.24, 2.45) is 0 Å². The van der Waals surface area contributed by atoms with E-state index in [4.69, 9.17) is 24.7 Å². The van der Waals surface area contributed by atoms with Crippen molar-refractivity contribution < 1.29 is 23.7 Å². The molecule has 0 radical (unpaired) electrons. The third-order valence-electron chi connectivity index (χ3n) is 3.92. The van der Waals surface area contributed by atoms with Gasteiger partial charge in [-0.25, -0.2) is 0 Å². The summed E-state index contributed by atoms with van der Waals surface area (Å²) in [5.74, 6) is 2.00. The van der Waals surface area contributed by atoms with E-state index >= 15 is 0 Å².